The smallest absolute Gasteiger partial charge is 0.166 e. The molecular formula is C17H19N5O2. The van der Waals surface area contributed by atoms with Crippen molar-refractivity contribution in [3.05, 3.63) is 42.2 Å². The van der Waals surface area contributed by atoms with Gasteiger partial charge in [-0.25, -0.2) is 15.0 Å². The number of aromatic nitrogens is 3. The van der Waals surface area contributed by atoms with E-state index in [1.807, 2.05) is 26.0 Å². The lowest BCUT2D eigenvalue weighted by Gasteiger charge is -2.16. The molecule has 124 valence electrons. The Hall–Kier alpha value is -2.96. The number of anilines is 2. The van der Waals surface area contributed by atoms with Crippen LogP contribution in [0.4, 0.5) is 11.6 Å². The first kappa shape index (κ1) is 15.9. The predicted octanol–water partition coefficient (Wildman–Crippen LogP) is 3.10. The highest BCUT2D eigenvalue weighted by Crippen LogP contribution is 2.22. The topological polar surface area (TPSA) is 93.0 Å². The van der Waals surface area contributed by atoms with Gasteiger partial charge in [0.1, 0.15) is 17.4 Å². The molecule has 7 nitrogen and oxygen atoms in total. The standard InChI is InChI=1S/C17H19N5O2/c1-11-9-20-17-13(8-18)10-23-6-4-12(2)24-14-3-5-19-15(7-14)21-16(11)22-17/h3,5,7-10,12,18H,4,6H2,1-2H3,(H,19,20,21,22)/t12-/m0/s1. The molecule has 0 spiro atoms. The van der Waals surface area contributed by atoms with Gasteiger partial charge in [-0.2, -0.15) is 0 Å². The van der Waals surface area contributed by atoms with Gasteiger partial charge in [-0.05, 0) is 19.9 Å². The maximum atomic E-state index is 7.56. The monoisotopic (exact) mass is 325 g/mol. The first-order valence-electron chi connectivity index (χ1n) is 7.71. The average molecular weight is 325 g/mol. The SMILES string of the molecule is Cc1cnc2nc1Nc1cc(ccn1)O[C@@H](C)CCOC=C2C=N. The first-order chi connectivity index (χ1) is 11.7. The van der Waals surface area contributed by atoms with Crippen LogP contribution in [-0.2, 0) is 4.74 Å². The van der Waals surface area contributed by atoms with Crippen LogP contribution in [0.1, 0.15) is 24.7 Å². The van der Waals surface area contributed by atoms with E-state index in [0.29, 0.717) is 36.1 Å². The lowest BCUT2D eigenvalue weighted by atomic mass is 10.2. The second kappa shape index (κ2) is 7.08. The summed E-state index contributed by atoms with van der Waals surface area (Å²) in [5, 5.41) is 10.7. The highest BCUT2D eigenvalue weighted by Gasteiger charge is 2.11. The van der Waals surface area contributed by atoms with E-state index in [0.717, 1.165) is 11.3 Å². The minimum absolute atomic E-state index is 0.00386. The number of hydrogen-bond donors (Lipinski definition) is 2. The van der Waals surface area contributed by atoms with Crippen LogP contribution in [0.2, 0.25) is 0 Å². The summed E-state index contributed by atoms with van der Waals surface area (Å²) in [6.07, 6.45) is 6.79. The number of hydrogen-bond acceptors (Lipinski definition) is 7. The molecule has 1 aliphatic heterocycles. The Morgan fingerprint density at radius 2 is 2.25 bits per heavy atom. The Kier molecular flexibility index (Phi) is 4.69. The Balaban J connectivity index is 2.03. The van der Waals surface area contributed by atoms with Crippen LogP contribution in [0.25, 0.3) is 5.57 Å². The van der Waals surface area contributed by atoms with E-state index in [1.54, 1.807) is 12.4 Å². The molecule has 3 rings (SSSR count). The Morgan fingerprint density at radius 1 is 1.38 bits per heavy atom. The zero-order valence-electron chi connectivity index (χ0n) is 13.6. The summed E-state index contributed by atoms with van der Waals surface area (Å²) >= 11 is 0. The van der Waals surface area contributed by atoms with Gasteiger partial charge in [0.05, 0.1) is 24.5 Å². The number of aryl methyl sites for hydroxylation is 1. The van der Waals surface area contributed by atoms with Gasteiger partial charge in [-0.3, -0.25) is 0 Å². The maximum absolute atomic E-state index is 7.56. The van der Waals surface area contributed by atoms with E-state index >= 15 is 0 Å². The van der Waals surface area contributed by atoms with Gasteiger partial charge in [0, 0.05) is 36.7 Å². The molecule has 0 unspecified atom stereocenters. The van der Waals surface area contributed by atoms with Crippen molar-refractivity contribution in [1.82, 2.24) is 15.0 Å². The van der Waals surface area contributed by atoms with Crippen LogP contribution in [-0.4, -0.2) is 33.9 Å². The van der Waals surface area contributed by atoms with Crippen LogP contribution in [0.15, 0.2) is 30.8 Å². The van der Waals surface area contributed by atoms with Gasteiger partial charge < -0.3 is 20.2 Å². The fourth-order valence-corrected chi connectivity index (χ4v) is 2.21. The fourth-order valence-electron chi connectivity index (χ4n) is 2.21. The van der Waals surface area contributed by atoms with Crippen molar-refractivity contribution in [3.8, 4) is 5.75 Å². The molecule has 0 aromatic carbocycles. The molecule has 7 heteroatoms. The van der Waals surface area contributed by atoms with Gasteiger partial charge in [0.2, 0.25) is 0 Å². The van der Waals surface area contributed by atoms with Gasteiger partial charge in [-0.1, -0.05) is 0 Å². The lowest BCUT2D eigenvalue weighted by molar-refractivity contribution is 0.157. The largest absolute Gasteiger partial charge is 0.500 e. The van der Waals surface area contributed by atoms with Crippen molar-refractivity contribution in [1.29, 1.82) is 5.41 Å². The van der Waals surface area contributed by atoms with E-state index in [-0.39, 0.29) is 6.10 Å². The third-order valence-electron chi connectivity index (χ3n) is 3.55. The number of rotatable bonds is 1. The van der Waals surface area contributed by atoms with E-state index in [4.69, 9.17) is 14.9 Å². The predicted molar refractivity (Wildman–Crippen MR) is 91.7 cm³/mol. The summed E-state index contributed by atoms with van der Waals surface area (Å²) in [4.78, 5) is 13.1. The summed E-state index contributed by atoms with van der Waals surface area (Å²) < 4.78 is 11.4. The minimum atomic E-state index is -0.00386. The normalized spacial score (nSPS) is 17.4. The van der Waals surface area contributed by atoms with Crippen molar-refractivity contribution in [2.45, 2.75) is 26.4 Å². The quantitative estimate of drug-likeness (QED) is 0.783. The third kappa shape index (κ3) is 3.68. The lowest BCUT2D eigenvalue weighted by Crippen LogP contribution is -2.14. The molecule has 1 atom stereocenters. The van der Waals surface area contributed by atoms with Crippen molar-refractivity contribution >= 4 is 23.4 Å². The van der Waals surface area contributed by atoms with E-state index < -0.39 is 0 Å². The Bertz CT molecular complexity index is 775. The zero-order valence-corrected chi connectivity index (χ0v) is 13.6. The van der Waals surface area contributed by atoms with E-state index in [9.17, 15) is 0 Å². The first-order valence-corrected chi connectivity index (χ1v) is 7.71. The molecule has 0 fully saturated rings. The summed E-state index contributed by atoms with van der Waals surface area (Å²) in [6.45, 7) is 4.37. The van der Waals surface area contributed by atoms with Crippen LogP contribution in [0.3, 0.4) is 0 Å². The molecule has 3 heterocycles. The fraction of sp³-hybridized carbons (Fsp3) is 0.294. The van der Waals surface area contributed by atoms with Crippen LogP contribution >= 0.6 is 0 Å². The molecule has 4 bridgehead atoms. The third-order valence-corrected chi connectivity index (χ3v) is 3.55. The van der Waals surface area contributed by atoms with Gasteiger partial charge in [0.25, 0.3) is 0 Å². The van der Waals surface area contributed by atoms with Gasteiger partial charge in [-0.15, -0.1) is 0 Å². The summed E-state index contributed by atoms with van der Waals surface area (Å²) in [7, 11) is 0. The highest BCUT2D eigenvalue weighted by atomic mass is 16.5. The van der Waals surface area contributed by atoms with Crippen molar-refractivity contribution in [2.24, 2.45) is 0 Å². The van der Waals surface area contributed by atoms with Gasteiger partial charge >= 0.3 is 0 Å². The van der Waals surface area contributed by atoms with E-state index in [1.165, 1.54) is 12.5 Å². The van der Waals surface area contributed by atoms with Crippen LogP contribution in [0.5, 0.6) is 5.75 Å². The molecule has 0 saturated carbocycles. The number of pyridine rings is 1. The van der Waals surface area contributed by atoms with Crippen LogP contribution in [0, 0.1) is 12.3 Å². The molecule has 2 aromatic heterocycles. The summed E-state index contributed by atoms with van der Waals surface area (Å²) in [5.41, 5.74) is 1.38. The molecule has 0 radical (unpaired) electrons. The number of nitrogens with zero attached hydrogens (tertiary/aromatic N) is 3. The minimum Gasteiger partial charge on any atom is -0.500 e. The number of ether oxygens (including phenoxy) is 2. The van der Waals surface area contributed by atoms with Crippen molar-refractivity contribution in [3.63, 3.8) is 0 Å². The Morgan fingerprint density at radius 3 is 3.08 bits per heavy atom. The second-order valence-corrected chi connectivity index (χ2v) is 5.53. The second-order valence-electron chi connectivity index (χ2n) is 5.53. The number of nitrogens with one attached hydrogen (secondary N) is 2. The summed E-state index contributed by atoms with van der Waals surface area (Å²) in [6, 6.07) is 3.65. The molecule has 2 aromatic rings. The molecule has 0 amide bonds. The average Bonchev–Trinajstić information content (AvgIpc) is 2.57. The van der Waals surface area contributed by atoms with Crippen molar-refractivity contribution < 1.29 is 9.47 Å². The van der Waals surface area contributed by atoms with Crippen molar-refractivity contribution in [2.75, 3.05) is 11.9 Å². The number of allylic oxidation sites excluding steroid dienone is 1. The molecule has 1 aliphatic rings. The van der Waals surface area contributed by atoms with E-state index in [2.05, 4.69) is 20.3 Å². The maximum Gasteiger partial charge on any atom is 0.166 e. The summed E-state index contributed by atoms with van der Waals surface area (Å²) in [5.74, 6) is 2.43. The number of fused-ring (bicyclic) bond motifs is 4. The van der Waals surface area contributed by atoms with Crippen LogP contribution < -0.4 is 10.1 Å². The molecule has 0 aliphatic carbocycles. The molecule has 2 N–H and O–H groups in total. The molecular weight excluding hydrogens is 306 g/mol. The zero-order chi connectivity index (χ0) is 16.9. The molecule has 24 heavy (non-hydrogen) atoms. The van der Waals surface area contributed by atoms with Gasteiger partial charge in [0.15, 0.2) is 5.82 Å². The Labute approximate surface area is 140 Å². The molecule has 0 saturated heterocycles. The highest BCUT2D eigenvalue weighted by molar-refractivity contribution is 6.06.